The summed E-state index contributed by atoms with van der Waals surface area (Å²) in [6, 6.07) is 13.3. The van der Waals surface area contributed by atoms with Crippen LogP contribution in [-0.2, 0) is 13.0 Å². The zero-order valence-electron chi connectivity index (χ0n) is 16.2. The Bertz CT molecular complexity index is 744. The molecule has 1 unspecified atom stereocenters. The van der Waals surface area contributed by atoms with E-state index in [1.54, 1.807) is 21.3 Å². The minimum Gasteiger partial charge on any atom is -0.497 e. The Hall–Kier alpha value is -2.24. The molecule has 140 valence electrons. The van der Waals surface area contributed by atoms with Crippen molar-refractivity contribution in [2.45, 2.75) is 32.0 Å². The molecule has 0 saturated carbocycles. The minimum absolute atomic E-state index is 0.292. The van der Waals surface area contributed by atoms with Crippen LogP contribution in [0.5, 0.6) is 17.2 Å². The molecule has 26 heavy (non-hydrogen) atoms. The normalized spacial score (nSPS) is 20.2. The summed E-state index contributed by atoms with van der Waals surface area (Å²) in [6.07, 6.45) is 1.03. The van der Waals surface area contributed by atoms with Crippen LogP contribution in [0, 0.1) is 0 Å². The number of hydrogen-bond acceptors (Lipinski definition) is 3. The lowest BCUT2D eigenvalue weighted by atomic mass is 9.88. The molecule has 1 heterocycles. The molecule has 0 aromatic heterocycles. The average molecular weight is 358 g/mol. The van der Waals surface area contributed by atoms with Crippen molar-refractivity contribution in [3.8, 4) is 17.2 Å². The highest BCUT2D eigenvalue weighted by Gasteiger charge is 2.36. The smallest absolute Gasteiger partial charge is 0.166 e. The van der Waals surface area contributed by atoms with Crippen molar-refractivity contribution in [2.75, 3.05) is 27.9 Å². The van der Waals surface area contributed by atoms with Gasteiger partial charge in [-0.25, -0.2) is 0 Å². The second kappa shape index (κ2) is 7.98. The maximum absolute atomic E-state index is 5.54. The Balaban J connectivity index is 1.91. The molecule has 0 bridgehead atoms. The van der Waals surface area contributed by atoms with Gasteiger partial charge in [0.25, 0.3) is 0 Å². The van der Waals surface area contributed by atoms with Gasteiger partial charge < -0.3 is 24.8 Å². The van der Waals surface area contributed by atoms with Crippen molar-refractivity contribution in [3.05, 3.63) is 53.1 Å². The molecule has 1 aliphatic rings. The number of hydrogen-bond donors (Lipinski definition) is 2. The fourth-order valence-electron chi connectivity index (χ4n) is 4.03. The van der Waals surface area contributed by atoms with Crippen LogP contribution in [-0.4, -0.2) is 33.9 Å². The van der Waals surface area contributed by atoms with Crippen molar-refractivity contribution >= 4 is 0 Å². The molecule has 0 aliphatic carbocycles. The third kappa shape index (κ3) is 3.64. The lowest BCUT2D eigenvalue weighted by Gasteiger charge is -2.35. The van der Waals surface area contributed by atoms with E-state index in [1.807, 2.05) is 12.1 Å². The fourth-order valence-corrected chi connectivity index (χ4v) is 4.03. The summed E-state index contributed by atoms with van der Waals surface area (Å²) in [6.45, 7) is 4.26. The molecule has 5 nitrogen and oxygen atoms in total. The van der Waals surface area contributed by atoms with Crippen molar-refractivity contribution in [2.24, 2.45) is 0 Å². The molecule has 0 saturated heterocycles. The Morgan fingerprint density at radius 1 is 1.04 bits per heavy atom. The molecule has 1 aliphatic heterocycles. The lowest BCUT2D eigenvalue weighted by Crippen LogP contribution is -3.14. The van der Waals surface area contributed by atoms with E-state index < -0.39 is 0 Å². The second-order valence-electron chi connectivity index (χ2n) is 7.04. The van der Waals surface area contributed by atoms with Gasteiger partial charge in [0, 0.05) is 17.5 Å². The number of rotatable bonds is 6. The Morgan fingerprint density at radius 3 is 2.27 bits per heavy atom. The molecule has 4 N–H and O–H groups in total. The van der Waals surface area contributed by atoms with Crippen molar-refractivity contribution in [3.63, 3.8) is 0 Å². The van der Waals surface area contributed by atoms with E-state index in [4.69, 9.17) is 14.2 Å². The fraction of sp³-hybridized carbons (Fsp3) is 0.429. The highest BCUT2D eigenvalue weighted by Crippen LogP contribution is 2.34. The first kappa shape index (κ1) is 18.5. The molecular formula is C21H30N2O3+2. The van der Waals surface area contributed by atoms with E-state index in [0.717, 1.165) is 36.8 Å². The van der Waals surface area contributed by atoms with Crippen LogP contribution >= 0.6 is 0 Å². The summed E-state index contributed by atoms with van der Waals surface area (Å²) in [5.74, 6) is 2.49. The van der Waals surface area contributed by atoms with Gasteiger partial charge in [0.1, 0.15) is 18.3 Å². The molecule has 3 rings (SSSR count). The zero-order valence-corrected chi connectivity index (χ0v) is 16.2. The van der Waals surface area contributed by atoms with Crippen LogP contribution in [0.25, 0.3) is 0 Å². The van der Waals surface area contributed by atoms with Gasteiger partial charge in [0.15, 0.2) is 17.5 Å². The molecule has 2 aromatic rings. The largest absolute Gasteiger partial charge is 0.497 e. The highest BCUT2D eigenvalue weighted by atomic mass is 16.5. The summed E-state index contributed by atoms with van der Waals surface area (Å²) in [5, 5.41) is 0. The quantitative estimate of drug-likeness (QED) is 0.811. The average Bonchev–Trinajstić information content (AvgIpc) is 2.66. The van der Waals surface area contributed by atoms with Gasteiger partial charge in [-0.3, -0.25) is 0 Å². The van der Waals surface area contributed by atoms with E-state index in [2.05, 4.69) is 36.9 Å². The third-order valence-corrected chi connectivity index (χ3v) is 5.30. The number of fused-ring (bicyclic) bond motifs is 1. The molecule has 0 fully saturated rings. The summed E-state index contributed by atoms with van der Waals surface area (Å²) < 4.78 is 16.3. The molecule has 3 atom stereocenters. The number of ether oxygens (including phenoxy) is 3. The van der Waals surface area contributed by atoms with Crippen molar-refractivity contribution in [1.29, 1.82) is 0 Å². The molecule has 0 spiro atoms. The topological polar surface area (TPSA) is 59.8 Å². The van der Waals surface area contributed by atoms with Gasteiger partial charge in [-0.1, -0.05) is 0 Å². The molecule has 2 aromatic carbocycles. The Morgan fingerprint density at radius 2 is 1.69 bits per heavy atom. The van der Waals surface area contributed by atoms with E-state index >= 15 is 0 Å². The van der Waals surface area contributed by atoms with Gasteiger partial charge in [-0.05, 0) is 48.9 Å². The maximum atomic E-state index is 5.54. The highest BCUT2D eigenvalue weighted by molar-refractivity contribution is 5.49. The molecule has 0 radical (unpaired) electrons. The summed E-state index contributed by atoms with van der Waals surface area (Å²) >= 11 is 0. The SMILES string of the molecule is COc1ccc(C[NH+]2CCc3cc(OC)c(OC)cc3[C@H]2[C@@H](C)[NH3+])cc1. The number of methoxy groups -OCH3 is 3. The summed E-state index contributed by atoms with van der Waals surface area (Å²) in [7, 11) is 5.08. The third-order valence-electron chi connectivity index (χ3n) is 5.30. The van der Waals surface area contributed by atoms with Crippen LogP contribution in [0.15, 0.2) is 36.4 Å². The van der Waals surface area contributed by atoms with Crippen LogP contribution in [0.4, 0.5) is 0 Å². The first-order valence-electron chi connectivity index (χ1n) is 9.12. The first-order chi connectivity index (χ1) is 12.6. The standard InChI is InChI=1S/C21H28N2O3/c1-14(22)21-18-12-20(26-4)19(25-3)11-16(18)9-10-23(21)13-15-5-7-17(24-2)8-6-15/h5-8,11-12,14,21H,9-10,13,22H2,1-4H3/p+2/t14-,21-/m1/s1. The van der Waals surface area contributed by atoms with Gasteiger partial charge in [0.05, 0.1) is 27.9 Å². The number of quaternary nitrogens is 2. The number of nitrogens with one attached hydrogen (secondary N) is 1. The van der Waals surface area contributed by atoms with E-state index in [1.165, 1.54) is 21.6 Å². The van der Waals surface area contributed by atoms with E-state index in [-0.39, 0.29) is 0 Å². The lowest BCUT2D eigenvalue weighted by molar-refractivity contribution is -0.957. The zero-order chi connectivity index (χ0) is 18.7. The van der Waals surface area contributed by atoms with Gasteiger partial charge in [-0.15, -0.1) is 0 Å². The van der Waals surface area contributed by atoms with Crippen LogP contribution in [0.3, 0.4) is 0 Å². The Labute approximate surface area is 155 Å². The van der Waals surface area contributed by atoms with Crippen molar-refractivity contribution in [1.82, 2.24) is 0 Å². The maximum Gasteiger partial charge on any atom is 0.166 e. The molecule has 0 amide bonds. The summed E-state index contributed by atoms with van der Waals surface area (Å²) in [5.41, 5.74) is 8.36. The van der Waals surface area contributed by atoms with Crippen molar-refractivity contribution < 1.29 is 24.8 Å². The number of benzene rings is 2. The van der Waals surface area contributed by atoms with E-state index in [0.29, 0.717) is 12.1 Å². The second-order valence-corrected chi connectivity index (χ2v) is 7.04. The predicted octanol–water partition coefficient (Wildman–Crippen LogP) is 1.03. The molecular weight excluding hydrogens is 328 g/mol. The predicted molar refractivity (Wildman–Crippen MR) is 101 cm³/mol. The molecule has 5 heteroatoms. The van der Waals surface area contributed by atoms with E-state index in [9.17, 15) is 0 Å². The van der Waals surface area contributed by atoms with Crippen LogP contribution in [0.2, 0.25) is 0 Å². The van der Waals surface area contributed by atoms with Gasteiger partial charge >= 0.3 is 0 Å². The Kier molecular flexibility index (Phi) is 5.69. The monoisotopic (exact) mass is 358 g/mol. The van der Waals surface area contributed by atoms with Crippen LogP contribution < -0.4 is 24.8 Å². The van der Waals surface area contributed by atoms with Crippen LogP contribution in [0.1, 0.15) is 29.7 Å². The summed E-state index contributed by atoms with van der Waals surface area (Å²) in [4.78, 5) is 1.54. The first-order valence-corrected chi connectivity index (χ1v) is 9.12. The van der Waals surface area contributed by atoms with Gasteiger partial charge in [-0.2, -0.15) is 0 Å². The van der Waals surface area contributed by atoms with Gasteiger partial charge in [0.2, 0.25) is 0 Å². The minimum atomic E-state index is 0.292.